The molecule has 0 nitrogen and oxygen atoms in total. The number of hydrogen-bond acceptors (Lipinski definition) is 0. The van der Waals surface area contributed by atoms with Crippen molar-refractivity contribution < 1.29 is 13.2 Å². The molecule has 0 aliphatic carbocycles. The SMILES string of the molecule is [CH3][Bi]([CH3])[C](C)(C)c1ccc(C(F)(F)F)cc1. The van der Waals surface area contributed by atoms with Crippen molar-refractivity contribution in [1.29, 1.82) is 0 Å². The molecule has 90 valence electrons. The summed E-state index contributed by atoms with van der Waals surface area (Å²) in [5.41, 5.74) is 0.466. The van der Waals surface area contributed by atoms with Crippen molar-refractivity contribution in [2.45, 2.75) is 32.4 Å². The number of hydrogen-bond donors (Lipinski definition) is 0. The minimum absolute atomic E-state index is 0.0967. The van der Waals surface area contributed by atoms with E-state index < -0.39 is 33.5 Å². The summed E-state index contributed by atoms with van der Waals surface area (Å²) in [6.07, 6.45) is -4.23. The van der Waals surface area contributed by atoms with Crippen LogP contribution in [0.5, 0.6) is 0 Å². The van der Waals surface area contributed by atoms with Crippen LogP contribution in [-0.4, -0.2) is 21.8 Å². The van der Waals surface area contributed by atoms with Crippen LogP contribution >= 0.6 is 0 Å². The van der Waals surface area contributed by atoms with Crippen LogP contribution in [0.4, 0.5) is 13.2 Å². The molecule has 1 aromatic carbocycles. The predicted octanol–water partition coefficient (Wildman–Crippen LogP) is 4.28. The minimum atomic E-state index is -4.23. The molecule has 0 heterocycles. The van der Waals surface area contributed by atoms with Crippen molar-refractivity contribution in [2.24, 2.45) is 0 Å². The molecule has 0 radical (unpaired) electrons. The van der Waals surface area contributed by atoms with Gasteiger partial charge in [0.25, 0.3) is 0 Å². The molecule has 0 aliphatic heterocycles. The summed E-state index contributed by atoms with van der Waals surface area (Å²) in [6.45, 7) is 4.26. The van der Waals surface area contributed by atoms with E-state index in [1.54, 1.807) is 12.1 Å². The first-order chi connectivity index (χ1) is 7.15. The van der Waals surface area contributed by atoms with E-state index in [1.165, 1.54) is 12.1 Å². The van der Waals surface area contributed by atoms with Gasteiger partial charge in [-0.15, -0.1) is 0 Å². The Kier molecular flexibility index (Phi) is 4.05. The molecule has 1 rings (SSSR count). The van der Waals surface area contributed by atoms with Crippen LogP contribution in [0, 0.1) is 0 Å². The van der Waals surface area contributed by atoms with Gasteiger partial charge in [0.15, 0.2) is 0 Å². The van der Waals surface area contributed by atoms with Gasteiger partial charge in [0.05, 0.1) is 0 Å². The summed E-state index contributed by atoms with van der Waals surface area (Å²) in [4.78, 5) is 0. The van der Waals surface area contributed by atoms with E-state index >= 15 is 0 Å². The zero-order chi connectivity index (χ0) is 12.6. The Morgan fingerprint density at radius 1 is 0.875 bits per heavy atom. The van der Waals surface area contributed by atoms with Gasteiger partial charge in [0.2, 0.25) is 0 Å². The second-order valence-corrected chi connectivity index (χ2v) is 15.8. The second kappa shape index (κ2) is 4.64. The molecular weight excluding hydrogens is 410 g/mol. The van der Waals surface area contributed by atoms with Crippen LogP contribution in [0.25, 0.3) is 0 Å². The molecule has 1 aromatic rings. The fourth-order valence-corrected chi connectivity index (χ4v) is 3.91. The Bertz CT molecular complexity index is 350. The number of alkyl halides is 3. The maximum atomic E-state index is 12.4. The van der Waals surface area contributed by atoms with Gasteiger partial charge in [-0.05, 0) is 0 Å². The van der Waals surface area contributed by atoms with Gasteiger partial charge in [-0.25, -0.2) is 0 Å². The Labute approximate surface area is 103 Å². The number of halogens is 3. The number of rotatable bonds is 2. The number of benzene rings is 1. The van der Waals surface area contributed by atoms with Crippen molar-refractivity contribution in [3.05, 3.63) is 35.4 Å². The molecule has 0 amide bonds. The van der Waals surface area contributed by atoms with E-state index in [9.17, 15) is 13.2 Å². The zero-order valence-corrected chi connectivity index (χ0v) is 13.4. The molecule has 0 unspecified atom stereocenters. The molecule has 0 aromatic heterocycles. The Balaban J connectivity index is 3.05. The molecule has 16 heavy (non-hydrogen) atoms. The van der Waals surface area contributed by atoms with Crippen molar-refractivity contribution in [3.8, 4) is 0 Å². The standard InChI is InChI=1S/C10H10F3.2CH3.Bi/c1-7(2)8-3-5-9(6-4-8)10(11,12)13;;;/h3-6H,1-2H3;2*1H3;. The van der Waals surface area contributed by atoms with Crippen LogP contribution in [0.15, 0.2) is 24.3 Å². The monoisotopic (exact) mass is 426 g/mol. The third-order valence-corrected chi connectivity index (χ3v) is 12.7. The summed E-state index contributed by atoms with van der Waals surface area (Å²) in [6, 6.07) is 5.62. The predicted molar refractivity (Wildman–Crippen MR) is 62.0 cm³/mol. The average molecular weight is 426 g/mol. The topological polar surface area (TPSA) is 0 Å². The summed E-state index contributed by atoms with van der Waals surface area (Å²) in [5.74, 6) is 0. The molecule has 0 bridgehead atoms. The third kappa shape index (κ3) is 2.97. The van der Waals surface area contributed by atoms with Crippen molar-refractivity contribution >= 4 is 21.8 Å². The third-order valence-electron chi connectivity index (χ3n) is 3.04. The Morgan fingerprint density at radius 3 is 1.56 bits per heavy atom. The average Bonchev–Trinajstić information content (AvgIpc) is 2.16. The van der Waals surface area contributed by atoms with Crippen molar-refractivity contribution in [1.82, 2.24) is 0 Å². The molecule has 4 heteroatoms. The molecule has 0 fully saturated rings. The van der Waals surface area contributed by atoms with Gasteiger partial charge < -0.3 is 0 Å². The zero-order valence-electron chi connectivity index (χ0n) is 9.89. The molecule has 0 saturated heterocycles. The van der Waals surface area contributed by atoms with E-state index in [4.69, 9.17) is 0 Å². The fraction of sp³-hybridized carbons (Fsp3) is 0.500. The molecule has 0 saturated carbocycles. The van der Waals surface area contributed by atoms with Crippen molar-refractivity contribution in [2.75, 3.05) is 0 Å². The first-order valence-corrected chi connectivity index (χ1v) is 13.7. The summed E-state index contributed by atoms with van der Waals surface area (Å²) in [7, 11) is 0. The fourth-order valence-electron chi connectivity index (χ4n) is 1.33. The van der Waals surface area contributed by atoms with Crippen molar-refractivity contribution in [3.63, 3.8) is 0 Å². The molecule has 0 atom stereocenters. The van der Waals surface area contributed by atoms with Crippen LogP contribution in [0.3, 0.4) is 0 Å². The van der Waals surface area contributed by atoms with Gasteiger partial charge >= 0.3 is 103 Å². The molecule has 0 spiro atoms. The maximum absolute atomic E-state index is 12.4. The Morgan fingerprint density at radius 2 is 1.25 bits per heavy atom. The molecule has 0 aliphatic rings. The van der Waals surface area contributed by atoms with Gasteiger partial charge in [0.1, 0.15) is 0 Å². The summed E-state index contributed by atoms with van der Waals surface area (Å²) in [5, 5.41) is 0. The van der Waals surface area contributed by atoms with Crippen LogP contribution < -0.4 is 0 Å². The van der Waals surface area contributed by atoms with Gasteiger partial charge in [-0.2, -0.15) is 0 Å². The van der Waals surface area contributed by atoms with E-state index in [-0.39, 0.29) is 3.12 Å². The normalized spacial score (nSPS) is 13.2. The van der Waals surface area contributed by atoms with Crippen LogP contribution in [0.2, 0.25) is 9.26 Å². The Hall–Kier alpha value is -0.107. The van der Waals surface area contributed by atoms with Crippen LogP contribution in [0.1, 0.15) is 25.0 Å². The van der Waals surface area contributed by atoms with Gasteiger partial charge in [0, 0.05) is 0 Å². The van der Waals surface area contributed by atoms with Gasteiger partial charge in [-0.3, -0.25) is 0 Å². The van der Waals surface area contributed by atoms with E-state index in [1.807, 2.05) is 0 Å². The second-order valence-electron chi connectivity index (χ2n) is 4.53. The van der Waals surface area contributed by atoms with E-state index in [0.29, 0.717) is 0 Å². The summed E-state index contributed by atoms with van der Waals surface area (Å²) < 4.78 is 41.8. The summed E-state index contributed by atoms with van der Waals surface area (Å²) >= 11 is -1.56. The van der Waals surface area contributed by atoms with E-state index in [2.05, 4.69) is 23.1 Å². The quantitative estimate of drug-likeness (QED) is 0.620. The van der Waals surface area contributed by atoms with Crippen LogP contribution in [-0.2, 0) is 9.30 Å². The first-order valence-electron chi connectivity index (χ1n) is 5.01. The molecule has 0 N–H and O–H groups in total. The molecular formula is C12H16BiF3. The first kappa shape index (κ1) is 14.0. The van der Waals surface area contributed by atoms with Gasteiger partial charge in [-0.1, -0.05) is 0 Å². The van der Waals surface area contributed by atoms with E-state index in [0.717, 1.165) is 5.56 Å².